The van der Waals surface area contributed by atoms with E-state index in [1.807, 2.05) is 49.3 Å². The first-order chi connectivity index (χ1) is 13.4. The molecule has 0 radical (unpaired) electrons. The van der Waals surface area contributed by atoms with E-state index in [-0.39, 0.29) is 12.1 Å². The number of methoxy groups -OCH3 is 2. The molecule has 0 aromatic heterocycles. The lowest BCUT2D eigenvalue weighted by Crippen LogP contribution is -2.24. The standard InChI is InChI=1S/C21H22BrN3O3/c1-25(2)19-8-5-14(10-18(19)22)9-16(12-23)21(26)24-13-15-6-7-17(27-3)11-20(15)28-4/h5-11H,13H2,1-4H3,(H,24,26)/b16-9+. The van der Waals surface area contributed by atoms with E-state index in [0.717, 1.165) is 21.3 Å². The summed E-state index contributed by atoms with van der Waals surface area (Å²) in [6, 6.07) is 12.9. The van der Waals surface area contributed by atoms with Gasteiger partial charge in [-0.2, -0.15) is 5.26 Å². The number of hydrogen-bond acceptors (Lipinski definition) is 5. The predicted molar refractivity (Wildman–Crippen MR) is 113 cm³/mol. The summed E-state index contributed by atoms with van der Waals surface area (Å²) < 4.78 is 11.4. The Kier molecular flexibility index (Phi) is 7.47. The van der Waals surface area contributed by atoms with Crippen LogP contribution in [0.25, 0.3) is 6.08 Å². The van der Waals surface area contributed by atoms with Crippen molar-refractivity contribution >= 4 is 33.6 Å². The first-order valence-corrected chi connectivity index (χ1v) is 9.26. The minimum atomic E-state index is -0.451. The van der Waals surface area contributed by atoms with Crippen LogP contribution in [0.1, 0.15) is 11.1 Å². The van der Waals surface area contributed by atoms with Gasteiger partial charge >= 0.3 is 0 Å². The molecule has 28 heavy (non-hydrogen) atoms. The topological polar surface area (TPSA) is 74.6 Å². The van der Waals surface area contributed by atoms with Crippen LogP contribution in [0, 0.1) is 11.3 Å². The molecule has 1 N–H and O–H groups in total. The summed E-state index contributed by atoms with van der Waals surface area (Å²) in [6.45, 7) is 0.230. The Morgan fingerprint density at radius 1 is 1.21 bits per heavy atom. The van der Waals surface area contributed by atoms with Crippen molar-refractivity contribution in [2.24, 2.45) is 0 Å². The van der Waals surface area contributed by atoms with Gasteiger partial charge in [0.25, 0.3) is 5.91 Å². The van der Waals surface area contributed by atoms with E-state index in [1.165, 1.54) is 0 Å². The first kappa shape index (κ1) is 21.3. The highest BCUT2D eigenvalue weighted by Crippen LogP contribution is 2.27. The minimum Gasteiger partial charge on any atom is -0.497 e. The average molecular weight is 444 g/mol. The van der Waals surface area contributed by atoms with E-state index >= 15 is 0 Å². The maximum Gasteiger partial charge on any atom is 0.262 e. The third-order valence-electron chi connectivity index (χ3n) is 4.06. The number of amides is 1. The van der Waals surface area contributed by atoms with Crippen molar-refractivity contribution in [3.8, 4) is 17.6 Å². The van der Waals surface area contributed by atoms with Gasteiger partial charge in [-0.3, -0.25) is 4.79 Å². The molecule has 0 fully saturated rings. The van der Waals surface area contributed by atoms with Crippen LogP contribution in [-0.4, -0.2) is 34.2 Å². The first-order valence-electron chi connectivity index (χ1n) is 8.47. The molecule has 2 aromatic rings. The van der Waals surface area contributed by atoms with Crippen molar-refractivity contribution in [3.05, 3.63) is 57.6 Å². The number of hydrogen-bond donors (Lipinski definition) is 1. The molecule has 0 atom stereocenters. The molecular formula is C21H22BrN3O3. The molecule has 1 amide bonds. The van der Waals surface area contributed by atoms with Crippen LogP contribution in [0.3, 0.4) is 0 Å². The van der Waals surface area contributed by atoms with Gasteiger partial charge < -0.3 is 19.7 Å². The molecule has 0 aliphatic heterocycles. The highest BCUT2D eigenvalue weighted by molar-refractivity contribution is 9.10. The van der Waals surface area contributed by atoms with Crippen molar-refractivity contribution in [2.75, 3.05) is 33.2 Å². The second kappa shape index (κ2) is 9.81. The maximum atomic E-state index is 12.4. The number of rotatable bonds is 7. The molecule has 2 aromatic carbocycles. The normalized spacial score (nSPS) is 10.8. The fourth-order valence-corrected chi connectivity index (χ4v) is 3.31. The molecule has 0 saturated heterocycles. The van der Waals surface area contributed by atoms with Crippen LogP contribution in [0.4, 0.5) is 5.69 Å². The van der Waals surface area contributed by atoms with Crippen LogP contribution in [-0.2, 0) is 11.3 Å². The predicted octanol–water partition coefficient (Wildman–Crippen LogP) is 3.76. The summed E-state index contributed by atoms with van der Waals surface area (Å²) in [5.41, 5.74) is 2.57. The second-order valence-electron chi connectivity index (χ2n) is 6.14. The number of halogens is 1. The largest absolute Gasteiger partial charge is 0.497 e. The summed E-state index contributed by atoms with van der Waals surface area (Å²) in [7, 11) is 7.01. The van der Waals surface area contributed by atoms with Gasteiger partial charge in [0.1, 0.15) is 23.1 Å². The lowest BCUT2D eigenvalue weighted by molar-refractivity contribution is -0.117. The number of anilines is 1. The number of nitrogens with zero attached hydrogens (tertiary/aromatic N) is 2. The molecule has 0 heterocycles. The number of nitrogens with one attached hydrogen (secondary N) is 1. The number of ether oxygens (including phenoxy) is 2. The molecular weight excluding hydrogens is 422 g/mol. The Balaban J connectivity index is 2.15. The molecule has 0 spiro atoms. The summed E-state index contributed by atoms with van der Waals surface area (Å²) in [5.74, 6) is 0.815. The fourth-order valence-electron chi connectivity index (χ4n) is 2.56. The van der Waals surface area contributed by atoms with Gasteiger partial charge in [-0.15, -0.1) is 0 Å². The molecule has 0 aliphatic rings. The van der Waals surface area contributed by atoms with Crippen molar-refractivity contribution in [3.63, 3.8) is 0 Å². The van der Waals surface area contributed by atoms with Gasteiger partial charge in [-0.25, -0.2) is 0 Å². The Hall–Kier alpha value is -2.98. The lowest BCUT2D eigenvalue weighted by Gasteiger charge is -2.14. The van der Waals surface area contributed by atoms with Gasteiger partial charge in [0.05, 0.1) is 19.9 Å². The molecule has 2 rings (SSSR count). The zero-order chi connectivity index (χ0) is 20.7. The van der Waals surface area contributed by atoms with Crippen LogP contribution in [0.15, 0.2) is 46.4 Å². The summed E-state index contributed by atoms with van der Waals surface area (Å²) in [4.78, 5) is 14.4. The molecule has 146 valence electrons. The lowest BCUT2D eigenvalue weighted by atomic mass is 10.1. The van der Waals surface area contributed by atoms with Crippen LogP contribution >= 0.6 is 15.9 Å². The van der Waals surface area contributed by atoms with E-state index in [4.69, 9.17) is 9.47 Å². The number of nitriles is 1. The smallest absolute Gasteiger partial charge is 0.262 e. The van der Waals surface area contributed by atoms with E-state index in [2.05, 4.69) is 21.2 Å². The van der Waals surface area contributed by atoms with Gasteiger partial charge in [0, 0.05) is 36.7 Å². The van der Waals surface area contributed by atoms with Gasteiger partial charge in [-0.1, -0.05) is 6.07 Å². The molecule has 0 saturated carbocycles. The zero-order valence-electron chi connectivity index (χ0n) is 16.2. The van der Waals surface area contributed by atoms with Gasteiger partial charge in [-0.05, 0) is 51.8 Å². The van der Waals surface area contributed by atoms with E-state index in [9.17, 15) is 10.1 Å². The second-order valence-corrected chi connectivity index (χ2v) is 6.99. The van der Waals surface area contributed by atoms with Crippen LogP contribution in [0.5, 0.6) is 11.5 Å². The zero-order valence-corrected chi connectivity index (χ0v) is 17.8. The fraction of sp³-hybridized carbons (Fsp3) is 0.238. The van der Waals surface area contributed by atoms with Crippen LogP contribution in [0.2, 0.25) is 0 Å². The molecule has 0 aliphatic carbocycles. The monoisotopic (exact) mass is 443 g/mol. The Bertz CT molecular complexity index is 933. The Morgan fingerprint density at radius 3 is 2.54 bits per heavy atom. The number of carbonyl (C=O) groups excluding carboxylic acids is 1. The molecule has 7 heteroatoms. The Labute approximate surface area is 173 Å². The summed E-state index contributed by atoms with van der Waals surface area (Å²) in [6.07, 6.45) is 1.56. The summed E-state index contributed by atoms with van der Waals surface area (Å²) in [5, 5.41) is 12.2. The van der Waals surface area contributed by atoms with Gasteiger partial charge in [0.2, 0.25) is 0 Å². The molecule has 6 nitrogen and oxygen atoms in total. The van der Waals surface area contributed by atoms with Crippen molar-refractivity contribution in [2.45, 2.75) is 6.54 Å². The maximum absolute atomic E-state index is 12.4. The van der Waals surface area contributed by atoms with Crippen LogP contribution < -0.4 is 19.7 Å². The van der Waals surface area contributed by atoms with E-state index in [0.29, 0.717) is 11.5 Å². The van der Waals surface area contributed by atoms with Crippen molar-refractivity contribution in [1.82, 2.24) is 5.32 Å². The average Bonchev–Trinajstić information content (AvgIpc) is 2.69. The summed E-state index contributed by atoms with van der Waals surface area (Å²) >= 11 is 3.51. The van der Waals surface area contributed by atoms with Gasteiger partial charge in [0.15, 0.2) is 0 Å². The molecule has 0 unspecified atom stereocenters. The van der Waals surface area contributed by atoms with Crippen molar-refractivity contribution < 1.29 is 14.3 Å². The molecule has 0 bridgehead atoms. The highest BCUT2D eigenvalue weighted by Gasteiger charge is 2.12. The number of benzene rings is 2. The SMILES string of the molecule is COc1ccc(CNC(=O)/C(C#N)=C/c2ccc(N(C)C)c(Br)c2)c(OC)c1. The van der Waals surface area contributed by atoms with E-state index < -0.39 is 5.91 Å². The van der Waals surface area contributed by atoms with E-state index in [1.54, 1.807) is 32.4 Å². The quantitative estimate of drug-likeness (QED) is 0.520. The Morgan fingerprint density at radius 2 is 1.96 bits per heavy atom. The third kappa shape index (κ3) is 5.27. The minimum absolute atomic E-state index is 0.0250. The third-order valence-corrected chi connectivity index (χ3v) is 4.70. The highest BCUT2D eigenvalue weighted by atomic mass is 79.9. The van der Waals surface area contributed by atoms with Crippen molar-refractivity contribution in [1.29, 1.82) is 5.26 Å². The number of carbonyl (C=O) groups is 1.